The summed E-state index contributed by atoms with van der Waals surface area (Å²) >= 11 is 0. The van der Waals surface area contributed by atoms with Crippen LogP contribution in [0.25, 0.3) is 0 Å². The summed E-state index contributed by atoms with van der Waals surface area (Å²) in [6, 6.07) is 10.8. The van der Waals surface area contributed by atoms with E-state index in [1.54, 1.807) is 32.9 Å². The first-order valence-electron chi connectivity index (χ1n) is 9.10. The number of nitrogens with one attached hydrogen (secondary N) is 1. The number of benzene rings is 2. The molecule has 0 aromatic heterocycles. The maximum absolute atomic E-state index is 12.4. The van der Waals surface area contributed by atoms with Crippen LogP contribution in [0, 0.1) is 6.92 Å². The number of amides is 1. The summed E-state index contributed by atoms with van der Waals surface area (Å²) < 4.78 is 39.8. The van der Waals surface area contributed by atoms with Crippen LogP contribution in [-0.4, -0.2) is 33.2 Å². The molecule has 0 aliphatic carbocycles. The predicted octanol–water partition coefficient (Wildman–Crippen LogP) is 3.50. The molecule has 0 spiro atoms. The maximum atomic E-state index is 12.4. The second-order valence-electron chi connectivity index (χ2n) is 7.52. The summed E-state index contributed by atoms with van der Waals surface area (Å²) in [5, 5.41) is 2.44. The predicted molar refractivity (Wildman–Crippen MR) is 110 cm³/mol. The van der Waals surface area contributed by atoms with Crippen molar-refractivity contribution in [3.8, 4) is 5.75 Å². The van der Waals surface area contributed by atoms with Gasteiger partial charge in [0.25, 0.3) is 0 Å². The van der Waals surface area contributed by atoms with Crippen molar-refractivity contribution in [1.82, 2.24) is 5.32 Å². The van der Waals surface area contributed by atoms with Gasteiger partial charge in [0.15, 0.2) is 6.04 Å². The lowest BCUT2D eigenvalue weighted by molar-refractivity contribution is -0.143. The normalized spacial score (nSPS) is 12.6. The SMILES string of the molecule is COC(=O)C(NC(=O)OC(C)(C)C)c1ccc(OS(=O)(=O)c2ccc(C)cc2)cc1. The first-order valence-corrected chi connectivity index (χ1v) is 10.5. The largest absolute Gasteiger partial charge is 0.467 e. The molecule has 1 amide bonds. The zero-order valence-electron chi connectivity index (χ0n) is 17.5. The molecule has 1 N–H and O–H groups in total. The van der Waals surface area contributed by atoms with Gasteiger partial charge in [0.1, 0.15) is 16.2 Å². The lowest BCUT2D eigenvalue weighted by Gasteiger charge is -2.22. The molecule has 0 radical (unpaired) electrons. The molecule has 1 unspecified atom stereocenters. The number of aryl methyl sites for hydroxylation is 1. The van der Waals surface area contributed by atoms with E-state index in [1.165, 1.54) is 43.5 Å². The van der Waals surface area contributed by atoms with Crippen LogP contribution in [0.1, 0.15) is 37.9 Å². The average Bonchev–Trinajstić information content (AvgIpc) is 2.65. The van der Waals surface area contributed by atoms with Gasteiger partial charge in [-0.05, 0) is 57.5 Å². The van der Waals surface area contributed by atoms with Crippen LogP contribution < -0.4 is 9.50 Å². The molecule has 162 valence electrons. The molecule has 0 saturated carbocycles. The fourth-order valence-electron chi connectivity index (χ4n) is 2.42. The van der Waals surface area contributed by atoms with Crippen LogP contribution in [-0.2, 0) is 24.4 Å². The van der Waals surface area contributed by atoms with E-state index in [0.29, 0.717) is 5.56 Å². The molecule has 2 rings (SSSR count). The Balaban J connectivity index is 2.19. The van der Waals surface area contributed by atoms with Gasteiger partial charge in [0, 0.05) is 0 Å². The number of carbonyl (C=O) groups is 2. The highest BCUT2D eigenvalue weighted by Gasteiger charge is 2.27. The maximum Gasteiger partial charge on any atom is 0.408 e. The number of alkyl carbamates (subject to hydrolysis) is 1. The van der Waals surface area contributed by atoms with Crippen molar-refractivity contribution in [3.63, 3.8) is 0 Å². The van der Waals surface area contributed by atoms with Crippen LogP contribution in [0.3, 0.4) is 0 Å². The van der Waals surface area contributed by atoms with Crippen molar-refractivity contribution in [2.45, 2.75) is 44.2 Å². The fourth-order valence-corrected chi connectivity index (χ4v) is 3.35. The summed E-state index contributed by atoms with van der Waals surface area (Å²) in [5.74, 6) is -0.651. The van der Waals surface area contributed by atoms with Crippen molar-refractivity contribution >= 4 is 22.2 Å². The Morgan fingerprint density at radius 1 is 0.967 bits per heavy atom. The molecule has 2 aromatic carbocycles. The van der Waals surface area contributed by atoms with Crippen molar-refractivity contribution in [1.29, 1.82) is 0 Å². The molecule has 1 atom stereocenters. The first kappa shape index (κ1) is 23.2. The number of ether oxygens (including phenoxy) is 2. The van der Waals surface area contributed by atoms with E-state index in [2.05, 4.69) is 5.32 Å². The fraction of sp³-hybridized carbons (Fsp3) is 0.333. The third-order valence-electron chi connectivity index (χ3n) is 3.83. The quantitative estimate of drug-likeness (QED) is 0.546. The van der Waals surface area contributed by atoms with Gasteiger partial charge in [-0.25, -0.2) is 9.59 Å². The monoisotopic (exact) mass is 435 g/mol. The number of rotatable bonds is 6. The van der Waals surface area contributed by atoms with Gasteiger partial charge in [-0.15, -0.1) is 0 Å². The zero-order chi connectivity index (χ0) is 22.5. The minimum atomic E-state index is -4.00. The van der Waals surface area contributed by atoms with Crippen LogP contribution in [0.5, 0.6) is 5.75 Å². The average molecular weight is 435 g/mol. The Morgan fingerprint density at radius 2 is 1.53 bits per heavy atom. The highest BCUT2D eigenvalue weighted by atomic mass is 32.2. The van der Waals surface area contributed by atoms with Gasteiger partial charge in [0.05, 0.1) is 7.11 Å². The van der Waals surface area contributed by atoms with Crippen molar-refractivity contribution in [2.75, 3.05) is 7.11 Å². The molecule has 9 heteroatoms. The number of carbonyl (C=O) groups excluding carboxylic acids is 2. The van der Waals surface area contributed by atoms with E-state index >= 15 is 0 Å². The Morgan fingerprint density at radius 3 is 2.03 bits per heavy atom. The molecule has 2 aromatic rings. The lowest BCUT2D eigenvalue weighted by atomic mass is 10.1. The summed E-state index contributed by atoms with van der Waals surface area (Å²) in [6.45, 7) is 6.93. The van der Waals surface area contributed by atoms with Crippen molar-refractivity contribution in [3.05, 3.63) is 59.7 Å². The van der Waals surface area contributed by atoms with E-state index < -0.39 is 33.8 Å². The number of esters is 1. The van der Waals surface area contributed by atoms with Crippen molar-refractivity contribution in [2.24, 2.45) is 0 Å². The molecule has 0 fully saturated rings. The third kappa shape index (κ3) is 6.48. The number of hydrogen-bond donors (Lipinski definition) is 1. The molecule has 30 heavy (non-hydrogen) atoms. The van der Waals surface area contributed by atoms with Gasteiger partial charge in [-0.3, -0.25) is 0 Å². The Labute approximate surface area is 176 Å². The summed E-state index contributed by atoms with van der Waals surface area (Å²) in [7, 11) is -2.81. The molecule has 0 bridgehead atoms. The molecule has 0 saturated heterocycles. The second-order valence-corrected chi connectivity index (χ2v) is 9.07. The van der Waals surface area contributed by atoms with E-state index in [0.717, 1.165) is 5.56 Å². The van der Waals surface area contributed by atoms with E-state index in [-0.39, 0.29) is 10.6 Å². The van der Waals surface area contributed by atoms with Crippen LogP contribution >= 0.6 is 0 Å². The summed E-state index contributed by atoms with van der Waals surface area (Å²) in [6.07, 6.45) is -0.792. The van der Waals surface area contributed by atoms with E-state index in [4.69, 9.17) is 13.7 Å². The Bertz CT molecular complexity index is 991. The summed E-state index contributed by atoms with van der Waals surface area (Å²) in [5.41, 5.74) is 0.546. The standard InChI is InChI=1S/C21H25NO7S/c1-14-6-12-17(13-7-14)30(25,26)29-16-10-8-15(9-11-16)18(19(23)27-5)22-20(24)28-21(2,3)4/h6-13,18H,1-5H3,(H,22,24). The molecular formula is C21H25NO7S. The molecule has 0 aliphatic rings. The molecule has 0 heterocycles. The Hall–Kier alpha value is -3.07. The van der Waals surface area contributed by atoms with Crippen LogP contribution in [0.2, 0.25) is 0 Å². The van der Waals surface area contributed by atoms with E-state index in [9.17, 15) is 18.0 Å². The highest BCUT2D eigenvalue weighted by Crippen LogP contribution is 2.23. The Kier molecular flexibility index (Phi) is 7.09. The smallest absolute Gasteiger partial charge is 0.408 e. The van der Waals surface area contributed by atoms with Crippen LogP contribution in [0.4, 0.5) is 4.79 Å². The van der Waals surface area contributed by atoms with E-state index in [1.807, 2.05) is 6.92 Å². The first-order chi connectivity index (χ1) is 13.9. The van der Waals surface area contributed by atoms with Gasteiger partial charge in [-0.1, -0.05) is 29.8 Å². The minimum absolute atomic E-state index is 0.0243. The van der Waals surface area contributed by atoms with Gasteiger partial charge in [-0.2, -0.15) is 8.42 Å². The number of hydrogen-bond acceptors (Lipinski definition) is 7. The van der Waals surface area contributed by atoms with Crippen molar-refractivity contribution < 1.29 is 31.7 Å². The number of methoxy groups -OCH3 is 1. The van der Waals surface area contributed by atoms with Gasteiger partial charge >= 0.3 is 22.2 Å². The van der Waals surface area contributed by atoms with Crippen LogP contribution in [0.15, 0.2) is 53.4 Å². The molecule has 8 nitrogen and oxygen atoms in total. The van der Waals surface area contributed by atoms with Gasteiger partial charge in [0.2, 0.25) is 0 Å². The highest BCUT2D eigenvalue weighted by molar-refractivity contribution is 7.87. The topological polar surface area (TPSA) is 108 Å². The van der Waals surface area contributed by atoms with Gasteiger partial charge < -0.3 is 19.0 Å². The second kappa shape index (κ2) is 9.17. The zero-order valence-corrected chi connectivity index (χ0v) is 18.3. The third-order valence-corrected chi connectivity index (χ3v) is 5.09. The molecule has 0 aliphatic heterocycles. The summed E-state index contributed by atoms with van der Waals surface area (Å²) in [4.78, 5) is 24.2. The molecular weight excluding hydrogens is 410 g/mol. The lowest BCUT2D eigenvalue weighted by Crippen LogP contribution is -2.38. The minimum Gasteiger partial charge on any atom is -0.467 e.